The van der Waals surface area contributed by atoms with Crippen molar-refractivity contribution in [2.75, 3.05) is 7.11 Å². The first-order valence-corrected chi connectivity index (χ1v) is 10.7. The van der Waals surface area contributed by atoms with Crippen LogP contribution in [0, 0.1) is 13.8 Å². The molecule has 9 nitrogen and oxygen atoms in total. The first kappa shape index (κ1) is 21.8. The molecule has 0 bridgehead atoms. The second-order valence-electron chi connectivity index (χ2n) is 7.43. The van der Waals surface area contributed by atoms with Gasteiger partial charge in [-0.3, -0.25) is 0 Å². The highest BCUT2D eigenvalue weighted by molar-refractivity contribution is 9.10. The van der Waals surface area contributed by atoms with Crippen molar-refractivity contribution in [1.82, 2.24) is 29.6 Å². The minimum absolute atomic E-state index is 0.284. The van der Waals surface area contributed by atoms with Crippen molar-refractivity contribution in [3.05, 3.63) is 68.0 Å². The van der Waals surface area contributed by atoms with E-state index < -0.39 is 0 Å². The lowest BCUT2D eigenvalue weighted by Gasteiger charge is -2.14. The quantitative estimate of drug-likeness (QED) is 0.405. The fourth-order valence-corrected chi connectivity index (χ4v) is 4.26. The number of nitrogens with zero attached hydrogens (tertiary/aromatic N) is 6. The third kappa shape index (κ3) is 3.81. The molecule has 4 aromatic rings. The Morgan fingerprint density at radius 2 is 1.81 bits per heavy atom. The van der Waals surface area contributed by atoms with Crippen LogP contribution in [-0.4, -0.2) is 36.7 Å². The van der Waals surface area contributed by atoms with Crippen LogP contribution in [-0.2, 0) is 20.7 Å². The Morgan fingerprint density at radius 1 is 1.03 bits per heavy atom. The summed E-state index contributed by atoms with van der Waals surface area (Å²) in [5.74, 6) is 1.40. The Kier molecular flexibility index (Phi) is 5.88. The summed E-state index contributed by atoms with van der Waals surface area (Å²) in [6, 6.07) is 11.6. The smallest absolute Gasteiger partial charge is 0.368 e. The van der Waals surface area contributed by atoms with E-state index in [0.29, 0.717) is 11.6 Å². The lowest BCUT2D eigenvalue weighted by atomic mass is 10.1. The Bertz CT molecular complexity index is 1350. The van der Waals surface area contributed by atoms with Gasteiger partial charge in [-0.1, -0.05) is 12.1 Å². The molecule has 0 aliphatic heterocycles. The topological polar surface area (TPSA) is 89.0 Å². The molecule has 0 atom stereocenters. The van der Waals surface area contributed by atoms with Crippen LogP contribution < -0.4 is 15.2 Å². The Balaban J connectivity index is 1.62. The van der Waals surface area contributed by atoms with Crippen molar-refractivity contribution >= 4 is 15.9 Å². The number of benzene rings is 2. The molecule has 10 heteroatoms. The van der Waals surface area contributed by atoms with Gasteiger partial charge in [0, 0.05) is 25.2 Å². The zero-order valence-corrected chi connectivity index (χ0v) is 20.0. The minimum atomic E-state index is -0.311. The molecule has 2 aromatic carbocycles. The van der Waals surface area contributed by atoms with Crippen LogP contribution in [0.1, 0.15) is 16.7 Å². The number of aryl methyl sites for hydroxylation is 4. The molecule has 2 heterocycles. The number of aromatic nitrogens is 6. The molecule has 0 saturated heterocycles. The van der Waals surface area contributed by atoms with Gasteiger partial charge in [0.2, 0.25) is 5.88 Å². The first-order valence-electron chi connectivity index (χ1n) is 9.90. The molecule has 4 rings (SSSR count). The monoisotopic (exact) mass is 498 g/mol. The maximum absolute atomic E-state index is 12.3. The average molecular weight is 499 g/mol. The molecule has 0 amide bonds. The maximum Gasteiger partial charge on any atom is 0.368 e. The summed E-state index contributed by atoms with van der Waals surface area (Å²) in [7, 11) is 5.01. The van der Waals surface area contributed by atoms with Gasteiger partial charge in [0.25, 0.3) is 0 Å². The van der Waals surface area contributed by atoms with Crippen LogP contribution in [0.3, 0.4) is 0 Å². The number of hydrogen-bond donors (Lipinski definition) is 0. The van der Waals surface area contributed by atoms with Gasteiger partial charge >= 0.3 is 5.69 Å². The van der Waals surface area contributed by atoms with Crippen molar-refractivity contribution in [3.63, 3.8) is 0 Å². The number of ether oxygens (including phenoxy) is 2. The van der Waals surface area contributed by atoms with Crippen LogP contribution in [0.2, 0.25) is 0 Å². The van der Waals surface area contributed by atoms with Gasteiger partial charge in [-0.15, -0.1) is 0 Å². The maximum atomic E-state index is 12.3. The van der Waals surface area contributed by atoms with Gasteiger partial charge in [-0.25, -0.2) is 9.48 Å². The highest BCUT2D eigenvalue weighted by atomic mass is 79.9. The number of methoxy groups -OCH3 is 1. The highest BCUT2D eigenvalue weighted by Gasteiger charge is 2.18. The molecule has 0 unspecified atom stereocenters. The Labute approximate surface area is 193 Å². The third-order valence-corrected chi connectivity index (χ3v) is 6.00. The minimum Gasteiger partial charge on any atom is -0.489 e. The molecule has 0 aliphatic carbocycles. The second-order valence-corrected chi connectivity index (χ2v) is 8.23. The van der Waals surface area contributed by atoms with Gasteiger partial charge in [0.05, 0.1) is 12.8 Å². The number of hydrogen-bond acceptors (Lipinski definition) is 6. The summed E-state index contributed by atoms with van der Waals surface area (Å²) in [6.45, 7) is 4.25. The predicted octanol–water partition coefficient (Wildman–Crippen LogP) is 3.33. The van der Waals surface area contributed by atoms with Gasteiger partial charge in [-0.05, 0) is 75.6 Å². The van der Waals surface area contributed by atoms with E-state index in [1.807, 2.05) is 57.3 Å². The molecule has 0 N–H and O–H groups in total. The van der Waals surface area contributed by atoms with Crippen LogP contribution in [0.5, 0.6) is 11.6 Å². The Morgan fingerprint density at radius 3 is 2.44 bits per heavy atom. The number of halogens is 1. The van der Waals surface area contributed by atoms with E-state index in [4.69, 9.17) is 9.47 Å². The molecule has 2 aromatic heterocycles. The molecule has 0 spiro atoms. The zero-order valence-electron chi connectivity index (χ0n) is 18.5. The van der Waals surface area contributed by atoms with E-state index in [1.54, 1.807) is 18.8 Å². The van der Waals surface area contributed by atoms with Gasteiger partial charge in [-0.2, -0.15) is 14.5 Å². The number of tetrazole rings is 1. The summed E-state index contributed by atoms with van der Waals surface area (Å²) in [6.07, 6.45) is 0. The van der Waals surface area contributed by atoms with Crippen molar-refractivity contribution in [1.29, 1.82) is 0 Å². The summed E-state index contributed by atoms with van der Waals surface area (Å²) in [4.78, 5) is 12.3. The van der Waals surface area contributed by atoms with Crippen molar-refractivity contribution in [2.45, 2.75) is 20.5 Å². The Hall–Kier alpha value is -3.40. The molecule has 0 radical (unpaired) electrons. The van der Waals surface area contributed by atoms with E-state index in [9.17, 15) is 4.79 Å². The SMILES string of the molecule is COc1c(Br)c(-c2ccc(OCc3c(C)cccc3-n3nnn(C)c3=O)c(C)c2)nn1C. The third-order valence-electron chi connectivity index (χ3n) is 5.29. The van der Waals surface area contributed by atoms with E-state index in [2.05, 4.69) is 31.5 Å². The van der Waals surface area contributed by atoms with E-state index >= 15 is 0 Å². The van der Waals surface area contributed by atoms with Crippen molar-refractivity contribution in [3.8, 4) is 28.6 Å². The molecule has 166 valence electrons. The molecule has 0 saturated carbocycles. The standard InChI is InChI=1S/C22H23BrN6O3/c1-13-7-6-8-17(29-22(30)28(4)25-26-29)16(13)12-32-18-10-9-15(11-14(18)2)20-19(23)21(31-5)27(3)24-20/h6-11H,12H2,1-5H3. The fraction of sp³-hybridized carbons (Fsp3) is 0.273. The van der Waals surface area contributed by atoms with Crippen molar-refractivity contribution in [2.24, 2.45) is 14.1 Å². The van der Waals surface area contributed by atoms with Crippen LogP contribution in [0.25, 0.3) is 16.9 Å². The largest absolute Gasteiger partial charge is 0.489 e. The molecular weight excluding hydrogens is 476 g/mol. The fourth-order valence-electron chi connectivity index (χ4n) is 3.54. The summed E-state index contributed by atoms with van der Waals surface area (Å²) in [5, 5.41) is 12.3. The van der Waals surface area contributed by atoms with E-state index in [-0.39, 0.29) is 12.3 Å². The molecule has 0 fully saturated rings. The lowest BCUT2D eigenvalue weighted by Crippen LogP contribution is -2.23. The van der Waals surface area contributed by atoms with Crippen LogP contribution in [0.15, 0.2) is 45.7 Å². The van der Waals surface area contributed by atoms with E-state index in [0.717, 1.165) is 38.2 Å². The summed E-state index contributed by atoms with van der Waals surface area (Å²) < 4.78 is 16.5. The lowest BCUT2D eigenvalue weighted by molar-refractivity contribution is 0.302. The number of rotatable bonds is 6. The summed E-state index contributed by atoms with van der Waals surface area (Å²) >= 11 is 3.57. The van der Waals surface area contributed by atoms with Crippen LogP contribution >= 0.6 is 15.9 Å². The van der Waals surface area contributed by atoms with Gasteiger partial charge < -0.3 is 9.47 Å². The normalized spacial score (nSPS) is 11.1. The summed E-state index contributed by atoms with van der Waals surface area (Å²) in [5.41, 5.74) is 4.92. The molecular formula is C22H23BrN6O3. The van der Waals surface area contributed by atoms with Gasteiger partial charge in [0.1, 0.15) is 22.5 Å². The molecule has 32 heavy (non-hydrogen) atoms. The average Bonchev–Trinajstić information content (AvgIpc) is 3.25. The molecule has 0 aliphatic rings. The van der Waals surface area contributed by atoms with Crippen molar-refractivity contribution < 1.29 is 9.47 Å². The zero-order chi connectivity index (χ0) is 23.0. The van der Waals surface area contributed by atoms with E-state index in [1.165, 1.54) is 9.36 Å². The highest BCUT2D eigenvalue weighted by Crippen LogP contribution is 2.36. The first-order chi connectivity index (χ1) is 15.3. The van der Waals surface area contributed by atoms with Crippen LogP contribution in [0.4, 0.5) is 0 Å². The predicted molar refractivity (Wildman–Crippen MR) is 123 cm³/mol. The van der Waals surface area contributed by atoms with Gasteiger partial charge in [0.15, 0.2) is 0 Å². The second kappa shape index (κ2) is 8.62.